The van der Waals surface area contributed by atoms with Crippen molar-refractivity contribution in [2.45, 2.75) is 25.7 Å². The van der Waals surface area contributed by atoms with E-state index < -0.39 is 0 Å². The van der Waals surface area contributed by atoms with Crippen LogP contribution in [-0.4, -0.2) is 33.4 Å². The molecule has 3 heteroatoms. The predicted molar refractivity (Wildman–Crippen MR) is 80.1 cm³/mol. The zero-order chi connectivity index (χ0) is 13.1. The van der Waals surface area contributed by atoms with Crippen LogP contribution in [0.25, 0.3) is 0 Å². The van der Waals surface area contributed by atoms with Gasteiger partial charge in [-0.25, -0.2) is 0 Å². The molecule has 2 aliphatic rings. The molecule has 2 aliphatic heterocycles. The van der Waals surface area contributed by atoms with Crippen molar-refractivity contribution in [3.63, 3.8) is 0 Å². The van der Waals surface area contributed by atoms with Crippen molar-refractivity contribution in [2.75, 3.05) is 43.6 Å². The zero-order valence-electron chi connectivity index (χ0n) is 11.8. The van der Waals surface area contributed by atoms with Gasteiger partial charge in [0.1, 0.15) is 0 Å². The number of nitrogens with one attached hydrogen (secondary N) is 1. The number of anilines is 2. The van der Waals surface area contributed by atoms with Crippen LogP contribution in [0.1, 0.15) is 24.8 Å². The standard InChI is InChI=1S/C16H24N2O/c1-19-12-13-5-4-10-18(11-13)15-8-2-6-14-7-3-9-17-16(14)15/h2,6,8,13,17H,3-5,7,9-12H2,1H3. The number of aryl methyl sites for hydroxylation is 1. The van der Waals surface area contributed by atoms with Crippen molar-refractivity contribution in [1.82, 2.24) is 0 Å². The third-order valence-electron chi connectivity index (χ3n) is 4.32. The van der Waals surface area contributed by atoms with Crippen LogP contribution in [0, 0.1) is 5.92 Å². The lowest BCUT2D eigenvalue weighted by atomic mass is 9.96. The topological polar surface area (TPSA) is 24.5 Å². The van der Waals surface area contributed by atoms with Crippen LogP contribution in [0.5, 0.6) is 0 Å². The second-order valence-corrected chi connectivity index (χ2v) is 5.75. The molecule has 0 aromatic heterocycles. The summed E-state index contributed by atoms with van der Waals surface area (Å²) in [5.74, 6) is 0.679. The third kappa shape index (κ3) is 2.71. The molecule has 0 saturated carbocycles. The van der Waals surface area contributed by atoms with Crippen LogP contribution in [0.4, 0.5) is 11.4 Å². The quantitative estimate of drug-likeness (QED) is 0.904. The van der Waals surface area contributed by atoms with Crippen molar-refractivity contribution in [3.05, 3.63) is 23.8 Å². The van der Waals surface area contributed by atoms with Crippen molar-refractivity contribution >= 4 is 11.4 Å². The summed E-state index contributed by atoms with van der Waals surface area (Å²) >= 11 is 0. The van der Waals surface area contributed by atoms with E-state index in [4.69, 9.17) is 4.74 Å². The third-order valence-corrected chi connectivity index (χ3v) is 4.32. The minimum atomic E-state index is 0.679. The average Bonchev–Trinajstić information content (AvgIpc) is 2.47. The summed E-state index contributed by atoms with van der Waals surface area (Å²) in [6.07, 6.45) is 5.04. The van der Waals surface area contributed by atoms with E-state index in [0.29, 0.717) is 5.92 Å². The Morgan fingerprint density at radius 2 is 2.32 bits per heavy atom. The Labute approximate surface area is 115 Å². The average molecular weight is 260 g/mol. The molecule has 0 bridgehead atoms. The maximum Gasteiger partial charge on any atom is 0.0610 e. The highest BCUT2D eigenvalue weighted by atomic mass is 16.5. The Kier molecular flexibility index (Phi) is 3.92. The van der Waals surface area contributed by atoms with Crippen molar-refractivity contribution in [1.29, 1.82) is 0 Å². The van der Waals surface area contributed by atoms with Gasteiger partial charge in [-0.1, -0.05) is 12.1 Å². The number of hydrogen-bond donors (Lipinski definition) is 1. The lowest BCUT2D eigenvalue weighted by molar-refractivity contribution is 0.143. The summed E-state index contributed by atoms with van der Waals surface area (Å²) in [5.41, 5.74) is 4.27. The highest BCUT2D eigenvalue weighted by Gasteiger charge is 2.23. The summed E-state index contributed by atoms with van der Waals surface area (Å²) in [6, 6.07) is 6.75. The van der Waals surface area contributed by atoms with Crippen LogP contribution in [0.3, 0.4) is 0 Å². The molecule has 1 saturated heterocycles. The molecule has 0 amide bonds. The van der Waals surface area contributed by atoms with Crippen LogP contribution < -0.4 is 10.2 Å². The second kappa shape index (κ2) is 5.83. The van der Waals surface area contributed by atoms with Gasteiger partial charge in [-0.15, -0.1) is 0 Å². The van der Waals surface area contributed by atoms with Crippen molar-refractivity contribution in [2.24, 2.45) is 5.92 Å². The lowest BCUT2D eigenvalue weighted by Crippen LogP contribution is -2.37. The molecular weight excluding hydrogens is 236 g/mol. The second-order valence-electron chi connectivity index (χ2n) is 5.75. The molecular formula is C16H24N2O. The van der Waals surface area contributed by atoms with Gasteiger partial charge in [0.2, 0.25) is 0 Å². The zero-order valence-corrected chi connectivity index (χ0v) is 11.8. The minimum Gasteiger partial charge on any atom is -0.384 e. The van der Waals surface area contributed by atoms with E-state index in [0.717, 1.165) is 19.7 Å². The first-order valence-electron chi connectivity index (χ1n) is 7.48. The van der Waals surface area contributed by atoms with E-state index in [1.807, 2.05) is 7.11 Å². The number of methoxy groups -OCH3 is 1. The molecule has 0 spiro atoms. The lowest BCUT2D eigenvalue weighted by Gasteiger charge is -2.36. The number of fused-ring (bicyclic) bond motifs is 1. The smallest absolute Gasteiger partial charge is 0.0610 e. The first-order chi connectivity index (χ1) is 9.38. The number of rotatable bonds is 3. The van der Waals surface area contributed by atoms with Gasteiger partial charge in [0.15, 0.2) is 0 Å². The van der Waals surface area contributed by atoms with Gasteiger partial charge in [0.05, 0.1) is 18.0 Å². The molecule has 104 valence electrons. The summed E-state index contributed by atoms with van der Waals surface area (Å²) in [5, 5.41) is 3.60. The fraction of sp³-hybridized carbons (Fsp3) is 0.625. The molecule has 3 rings (SSSR count). The summed E-state index contributed by atoms with van der Waals surface area (Å²) in [7, 11) is 1.81. The highest BCUT2D eigenvalue weighted by molar-refractivity contribution is 5.74. The molecule has 0 aliphatic carbocycles. The fourth-order valence-corrected chi connectivity index (χ4v) is 3.41. The molecule has 19 heavy (non-hydrogen) atoms. The first-order valence-corrected chi connectivity index (χ1v) is 7.48. The Balaban J connectivity index is 1.81. The van der Waals surface area contributed by atoms with Crippen molar-refractivity contribution < 1.29 is 4.74 Å². The van der Waals surface area contributed by atoms with Gasteiger partial charge in [0.25, 0.3) is 0 Å². The monoisotopic (exact) mass is 260 g/mol. The largest absolute Gasteiger partial charge is 0.384 e. The van der Waals surface area contributed by atoms with E-state index in [-0.39, 0.29) is 0 Å². The van der Waals surface area contributed by atoms with Gasteiger partial charge in [-0.2, -0.15) is 0 Å². The summed E-state index contributed by atoms with van der Waals surface area (Å²) in [4.78, 5) is 2.55. The Hall–Kier alpha value is -1.22. The van der Waals surface area contributed by atoms with Crippen LogP contribution >= 0.6 is 0 Å². The Bertz CT molecular complexity index is 431. The van der Waals surface area contributed by atoms with Crippen LogP contribution in [0.15, 0.2) is 18.2 Å². The minimum absolute atomic E-state index is 0.679. The normalized spacial score (nSPS) is 22.8. The molecule has 2 heterocycles. The number of benzene rings is 1. The molecule has 1 N–H and O–H groups in total. The Morgan fingerprint density at radius 1 is 1.37 bits per heavy atom. The van der Waals surface area contributed by atoms with Gasteiger partial charge < -0.3 is 15.0 Å². The summed E-state index contributed by atoms with van der Waals surface area (Å²) in [6.45, 7) is 4.31. The molecule has 1 aromatic carbocycles. The number of nitrogens with zero attached hydrogens (tertiary/aromatic N) is 1. The summed E-state index contributed by atoms with van der Waals surface area (Å²) < 4.78 is 5.34. The van der Waals surface area contributed by atoms with Crippen LogP contribution in [-0.2, 0) is 11.2 Å². The molecule has 3 nitrogen and oxygen atoms in total. The van der Waals surface area contributed by atoms with E-state index in [9.17, 15) is 0 Å². The molecule has 1 aromatic rings. The maximum atomic E-state index is 5.34. The number of piperidine rings is 1. The van der Waals surface area contributed by atoms with Gasteiger partial charge in [-0.05, 0) is 43.2 Å². The Morgan fingerprint density at radius 3 is 3.21 bits per heavy atom. The molecule has 0 radical (unpaired) electrons. The number of hydrogen-bond acceptors (Lipinski definition) is 3. The van der Waals surface area contributed by atoms with Crippen LogP contribution in [0.2, 0.25) is 0 Å². The van der Waals surface area contributed by atoms with Gasteiger partial charge >= 0.3 is 0 Å². The van der Waals surface area contributed by atoms with E-state index in [1.54, 1.807) is 0 Å². The highest BCUT2D eigenvalue weighted by Crippen LogP contribution is 2.35. The SMILES string of the molecule is COCC1CCCN(c2cccc3c2NCCC3)C1. The fourth-order valence-electron chi connectivity index (χ4n) is 3.41. The predicted octanol–water partition coefficient (Wildman–Crippen LogP) is 2.91. The van der Waals surface area contributed by atoms with E-state index in [1.165, 1.54) is 49.2 Å². The molecule has 1 fully saturated rings. The van der Waals surface area contributed by atoms with Gasteiger partial charge in [0, 0.05) is 26.7 Å². The van der Waals surface area contributed by atoms with E-state index >= 15 is 0 Å². The number of ether oxygens (including phenoxy) is 1. The number of para-hydroxylation sites is 1. The van der Waals surface area contributed by atoms with Gasteiger partial charge in [-0.3, -0.25) is 0 Å². The van der Waals surface area contributed by atoms with Crippen molar-refractivity contribution in [3.8, 4) is 0 Å². The van der Waals surface area contributed by atoms with E-state index in [2.05, 4.69) is 28.4 Å². The molecule has 1 atom stereocenters. The first kappa shape index (κ1) is 12.8. The maximum absolute atomic E-state index is 5.34. The molecule has 1 unspecified atom stereocenters.